The highest BCUT2D eigenvalue weighted by atomic mass is 32.2. The summed E-state index contributed by atoms with van der Waals surface area (Å²) in [5.41, 5.74) is -2.17. The van der Waals surface area contributed by atoms with Gasteiger partial charge in [-0.15, -0.1) is 6.58 Å². The zero-order valence-electron chi connectivity index (χ0n) is 17.8. The summed E-state index contributed by atoms with van der Waals surface area (Å²) >= 11 is 0. The van der Waals surface area contributed by atoms with Gasteiger partial charge in [-0.2, -0.15) is 13.2 Å². The standard InChI is InChI=1S/C19H19F4N3O3S.C2H6/c1-3-18(10-27)7-6-12-15(30(29)25-18)9-26(2)16(12)17(28)24-11-4-5-14(20)13(8-11)19(21,22)23;1-2/h3-5,8-9,25,27H,1,6-7,10H2,2H3,(H,24,28);1-2H3. The number of rotatable bonds is 4. The van der Waals surface area contributed by atoms with Gasteiger partial charge < -0.3 is 15.0 Å². The molecule has 0 radical (unpaired) electrons. The monoisotopic (exact) mass is 475 g/mol. The average Bonchev–Trinajstić information content (AvgIpc) is 3.02. The van der Waals surface area contributed by atoms with Crippen molar-refractivity contribution in [3.63, 3.8) is 0 Å². The van der Waals surface area contributed by atoms with E-state index in [0.717, 1.165) is 6.07 Å². The Morgan fingerprint density at radius 1 is 1.41 bits per heavy atom. The Morgan fingerprint density at radius 3 is 2.62 bits per heavy atom. The second-order valence-corrected chi connectivity index (χ2v) is 8.15. The normalized spacial score (nSPS) is 20.4. The van der Waals surface area contributed by atoms with E-state index >= 15 is 0 Å². The van der Waals surface area contributed by atoms with Gasteiger partial charge in [0, 0.05) is 24.5 Å². The lowest BCUT2D eigenvalue weighted by Gasteiger charge is -2.26. The molecule has 1 amide bonds. The molecule has 2 heterocycles. The number of carbonyl (C=O) groups is 1. The third kappa shape index (κ3) is 5.11. The van der Waals surface area contributed by atoms with Crippen LogP contribution >= 0.6 is 0 Å². The fourth-order valence-electron chi connectivity index (χ4n) is 3.32. The molecule has 0 saturated heterocycles. The molecule has 6 nitrogen and oxygen atoms in total. The fraction of sp³-hybridized carbons (Fsp3) is 0.381. The molecule has 32 heavy (non-hydrogen) atoms. The number of nitrogens with zero attached hydrogens (tertiary/aromatic N) is 1. The molecule has 176 valence electrons. The number of amides is 1. The Morgan fingerprint density at radius 2 is 2.06 bits per heavy atom. The summed E-state index contributed by atoms with van der Waals surface area (Å²) in [5.74, 6) is -2.18. The highest BCUT2D eigenvalue weighted by Gasteiger charge is 2.36. The number of fused-ring (bicyclic) bond motifs is 1. The van der Waals surface area contributed by atoms with Gasteiger partial charge in [-0.1, -0.05) is 19.9 Å². The third-order valence-corrected chi connectivity index (χ3v) is 6.32. The maximum absolute atomic E-state index is 13.5. The number of aliphatic hydroxyl groups excluding tert-OH is 1. The SMILES string of the molecule is C=CC1(CO)CCc2c(cn(C)c2C(=O)Nc2ccc(F)c(C(F)(F)F)c2)S(=O)N1.CC. The summed E-state index contributed by atoms with van der Waals surface area (Å²) in [6.07, 6.45) is -1.41. The fourth-order valence-corrected chi connectivity index (χ4v) is 4.72. The van der Waals surface area contributed by atoms with Crippen LogP contribution < -0.4 is 10.0 Å². The van der Waals surface area contributed by atoms with Crippen LogP contribution in [0, 0.1) is 5.82 Å². The van der Waals surface area contributed by atoms with Gasteiger partial charge >= 0.3 is 6.18 Å². The Balaban J connectivity index is 0.00000176. The Hall–Kier alpha value is -2.50. The minimum atomic E-state index is -4.91. The molecular weight excluding hydrogens is 450 g/mol. The molecule has 2 atom stereocenters. The van der Waals surface area contributed by atoms with E-state index < -0.39 is 40.0 Å². The molecule has 1 aliphatic rings. The lowest BCUT2D eigenvalue weighted by atomic mass is 9.93. The molecule has 0 spiro atoms. The van der Waals surface area contributed by atoms with Gasteiger partial charge in [0.05, 0.1) is 22.6 Å². The molecule has 0 bridgehead atoms. The molecule has 3 rings (SSSR count). The Bertz CT molecular complexity index is 1040. The van der Waals surface area contributed by atoms with Gasteiger partial charge in [-0.3, -0.25) is 4.79 Å². The predicted octanol–water partition coefficient (Wildman–Crippen LogP) is 3.94. The zero-order chi connectivity index (χ0) is 24.3. The van der Waals surface area contributed by atoms with Crippen LogP contribution in [0.2, 0.25) is 0 Å². The molecule has 1 aliphatic heterocycles. The van der Waals surface area contributed by atoms with E-state index in [1.165, 1.54) is 16.8 Å². The number of anilines is 1. The van der Waals surface area contributed by atoms with E-state index in [0.29, 0.717) is 29.0 Å². The van der Waals surface area contributed by atoms with Crippen LogP contribution in [0.3, 0.4) is 0 Å². The molecule has 1 aromatic carbocycles. The molecule has 2 unspecified atom stereocenters. The first-order chi connectivity index (χ1) is 15.0. The van der Waals surface area contributed by atoms with E-state index in [1.54, 1.807) is 7.05 Å². The van der Waals surface area contributed by atoms with Gasteiger partial charge in [0.25, 0.3) is 5.91 Å². The van der Waals surface area contributed by atoms with Crippen LogP contribution in [0.4, 0.5) is 23.2 Å². The molecule has 0 aliphatic carbocycles. The molecule has 1 aromatic heterocycles. The summed E-state index contributed by atoms with van der Waals surface area (Å²) in [7, 11) is -0.212. The van der Waals surface area contributed by atoms with E-state index in [-0.39, 0.29) is 24.4 Å². The second kappa shape index (κ2) is 9.97. The van der Waals surface area contributed by atoms with Crippen molar-refractivity contribution in [3.05, 3.63) is 59.7 Å². The summed E-state index contributed by atoms with van der Waals surface area (Å²) < 4.78 is 69.2. The summed E-state index contributed by atoms with van der Waals surface area (Å²) in [6, 6.07) is 2.17. The van der Waals surface area contributed by atoms with Gasteiger partial charge in [-0.05, 0) is 31.0 Å². The minimum Gasteiger partial charge on any atom is -0.394 e. The summed E-state index contributed by atoms with van der Waals surface area (Å²) in [4.78, 5) is 13.2. The number of aromatic nitrogens is 1. The highest BCUT2D eigenvalue weighted by molar-refractivity contribution is 7.83. The number of hydrogen-bond acceptors (Lipinski definition) is 3. The highest BCUT2D eigenvalue weighted by Crippen LogP contribution is 2.34. The van der Waals surface area contributed by atoms with Crippen molar-refractivity contribution in [1.82, 2.24) is 9.29 Å². The molecule has 11 heteroatoms. The van der Waals surface area contributed by atoms with Crippen LogP contribution in [0.1, 0.15) is 41.9 Å². The van der Waals surface area contributed by atoms with Crippen LogP contribution in [0.5, 0.6) is 0 Å². The van der Waals surface area contributed by atoms with Crippen molar-refractivity contribution in [2.75, 3.05) is 11.9 Å². The topological polar surface area (TPSA) is 83.4 Å². The number of carbonyl (C=O) groups excluding carboxylic acids is 1. The average molecular weight is 476 g/mol. The third-order valence-electron chi connectivity index (χ3n) is 4.98. The molecule has 3 N–H and O–H groups in total. The molecular formula is C21H25F4N3O3S. The maximum atomic E-state index is 13.5. The maximum Gasteiger partial charge on any atom is 0.419 e. The number of benzene rings is 1. The van der Waals surface area contributed by atoms with Crippen molar-refractivity contribution in [2.24, 2.45) is 7.05 Å². The van der Waals surface area contributed by atoms with Crippen molar-refractivity contribution in [2.45, 2.75) is 43.3 Å². The first kappa shape index (κ1) is 25.8. The van der Waals surface area contributed by atoms with E-state index in [1.807, 2.05) is 13.8 Å². The lowest BCUT2D eigenvalue weighted by molar-refractivity contribution is -0.139. The smallest absolute Gasteiger partial charge is 0.394 e. The largest absolute Gasteiger partial charge is 0.419 e. The number of aliphatic hydroxyl groups is 1. The van der Waals surface area contributed by atoms with Crippen molar-refractivity contribution in [1.29, 1.82) is 0 Å². The summed E-state index contributed by atoms with van der Waals surface area (Å²) in [5, 5.41) is 12.0. The second-order valence-electron chi connectivity index (χ2n) is 6.97. The quantitative estimate of drug-likeness (QED) is 0.463. The Kier molecular flexibility index (Phi) is 8.02. The van der Waals surface area contributed by atoms with Crippen molar-refractivity contribution in [3.8, 4) is 0 Å². The van der Waals surface area contributed by atoms with Crippen LogP contribution in [0.25, 0.3) is 0 Å². The lowest BCUT2D eigenvalue weighted by Crippen LogP contribution is -2.46. The Labute approximate surface area is 185 Å². The number of nitrogens with one attached hydrogen (secondary N) is 2. The van der Waals surface area contributed by atoms with Gasteiger partial charge in [0.1, 0.15) is 22.5 Å². The molecule has 0 fully saturated rings. The number of alkyl halides is 3. The van der Waals surface area contributed by atoms with Gasteiger partial charge in [-0.25, -0.2) is 13.3 Å². The van der Waals surface area contributed by atoms with E-state index in [2.05, 4.69) is 16.6 Å². The number of hydrogen-bond donors (Lipinski definition) is 3. The number of aryl methyl sites for hydroxylation is 1. The van der Waals surface area contributed by atoms with Crippen molar-refractivity contribution < 1.29 is 31.7 Å². The summed E-state index contributed by atoms with van der Waals surface area (Å²) in [6.45, 7) is 7.30. The zero-order valence-corrected chi connectivity index (χ0v) is 18.7. The van der Waals surface area contributed by atoms with Crippen LogP contribution in [0.15, 0.2) is 41.9 Å². The molecule has 0 saturated carbocycles. The van der Waals surface area contributed by atoms with Gasteiger partial charge in [0.2, 0.25) is 0 Å². The van der Waals surface area contributed by atoms with Crippen LogP contribution in [-0.4, -0.2) is 31.9 Å². The van der Waals surface area contributed by atoms with Crippen molar-refractivity contribution >= 4 is 22.6 Å². The van der Waals surface area contributed by atoms with E-state index in [9.17, 15) is 31.7 Å². The first-order valence-electron chi connectivity index (χ1n) is 9.81. The van der Waals surface area contributed by atoms with E-state index in [4.69, 9.17) is 0 Å². The first-order valence-corrected chi connectivity index (χ1v) is 11.0. The predicted molar refractivity (Wildman–Crippen MR) is 114 cm³/mol. The molecule has 2 aromatic rings. The van der Waals surface area contributed by atoms with Crippen LogP contribution in [-0.2, 0) is 30.6 Å². The number of halogens is 4. The minimum absolute atomic E-state index is 0.107. The van der Waals surface area contributed by atoms with Gasteiger partial charge in [0.15, 0.2) is 0 Å².